The molecule has 0 saturated carbocycles. The molecule has 0 saturated heterocycles. The van der Waals surface area contributed by atoms with Gasteiger partial charge in [0.1, 0.15) is 0 Å². The van der Waals surface area contributed by atoms with Crippen molar-refractivity contribution >= 4 is 5.69 Å². The molecule has 1 rings (SSSR count). The van der Waals surface area contributed by atoms with Crippen molar-refractivity contribution in [3.63, 3.8) is 0 Å². The molecule has 1 aromatic rings. The van der Waals surface area contributed by atoms with E-state index >= 15 is 0 Å². The van der Waals surface area contributed by atoms with E-state index in [4.69, 9.17) is 0 Å². The minimum atomic E-state index is 0.537. The van der Waals surface area contributed by atoms with Crippen molar-refractivity contribution in [2.24, 2.45) is 11.8 Å². The minimum absolute atomic E-state index is 0.537. The average Bonchev–Trinajstić information content (AvgIpc) is 2.20. The summed E-state index contributed by atoms with van der Waals surface area (Å²) in [5.41, 5.74) is 1.18. The summed E-state index contributed by atoms with van der Waals surface area (Å²) in [6.07, 6.45) is 2.03. The van der Waals surface area contributed by atoms with Crippen LogP contribution in [0, 0.1) is 11.8 Å². The Morgan fingerprint density at radius 2 is 1.93 bits per heavy atom. The van der Waals surface area contributed by atoms with Gasteiger partial charge in [-0.15, -0.1) is 6.58 Å². The summed E-state index contributed by atoms with van der Waals surface area (Å²) >= 11 is 0. The molecule has 1 atom stereocenters. The fourth-order valence-electron chi connectivity index (χ4n) is 1.38. The van der Waals surface area contributed by atoms with Crippen molar-refractivity contribution in [3.05, 3.63) is 43.0 Å². The fourth-order valence-corrected chi connectivity index (χ4v) is 1.38. The molecular weight excluding hydrogens is 170 g/mol. The molecule has 1 nitrogen and oxygen atoms in total. The second-order valence-corrected chi connectivity index (χ2v) is 3.89. The highest BCUT2D eigenvalue weighted by Gasteiger charge is 2.07. The number of para-hydroxylation sites is 1. The van der Waals surface area contributed by atoms with E-state index in [0.717, 1.165) is 6.54 Å². The van der Waals surface area contributed by atoms with Crippen LogP contribution in [0.15, 0.2) is 43.0 Å². The molecule has 0 heterocycles. The average molecular weight is 189 g/mol. The summed E-state index contributed by atoms with van der Waals surface area (Å²) < 4.78 is 0. The van der Waals surface area contributed by atoms with Crippen LogP contribution in [-0.2, 0) is 0 Å². The van der Waals surface area contributed by atoms with Crippen LogP contribution in [0.3, 0.4) is 0 Å². The Morgan fingerprint density at radius 3 is 2.43 bits per heavy atom. The van der Waals surface area contributed by atoms with Crippen molar-refractivity contribution in [2.45, 2.75) is 13.8 Å². The Kier molecular flexibility index (Phi) is 4.24. The first-order chi connectivity index (χ1) is 6.74. The van der Waals surface area contributed by atoms with E-state index in [2.05, 4.69) is 37.9 Å². The number of rotatable bonds is 5. The van der Waals surface area contributed by atoms with Crippen LogP contribution < -0.4 is 5.32 Å². The van der Waals surface area contributed by atoms with Gasteiger partial charge in [-0.25, -0.2) is 0 Å². The monoisotopic (exact) mass is 189 g/mol. The zero-order valence-electron chi connectivity index (χ0n) is 9.03. The molecule has 0 aromatic heterocycles. The second-order valence-electron chi connectivity index (χ2n) is 3.89. The van der Waals surface area contributed by atoms with Crippen LogP contribution in [0.5, 0.6) is 0 Å². The molecule has 1 aromatic carbocycles. The molecule has 0 bridgehead atoms. The lowest BCUT2D eigenvalue weighted by molar-refractivity contribution is 0.487. The fraction of sp³-hybridized carbons (Fsp3) is 0.385. The van der Waals surface area contributed by atoms with Crippen LogP contribution in [0.2, 0.25) is 0 Å². The Morgan fingerprint density at radius 1 is 1.29 bits per heavy atom. The van der Waals surface area contributed by atoms with Gasteiger partial charge in [0.2, 0.25) is 0 Å². The van der Waals surface area contributed by atoms with Crippen LogP contribution in [0.25, 0.3) is 0 Å². The maximum absolute atomic E-state index is 3.85. The van der Waals surface area contributed by atoms with Gasteiger partial charge in [-0.2, -0.15) is 0 Å². The molecule has 76 valence electrons. The predicted molar refractivity (Wildman–Crippen MR) is 63.5 cm³/mol. The van der Waals surface area contributed by atoms with Crippen LogP contribution >= 0.6 is 0 Å². The highest BCUT2D eigenvalue weighted by Crippen LogP contribution is 2.13. The molecule has 0 aliphatic rings. The minimum Gasteiger partial charge on any atom is -0.384 e. The number of nitrogens with one attached hydrogen (secondary N) is 1. The molecule has 1 N–H and O–H groups in total. The first-order valence-corrected chi connectivity index (χ1v) is 5.15. The molecule has 1 heteroatoms. The maximum Gasteiger partial charge on any atom is 0.0340 e. The van der Waals surface area contributed by atoms with Gasteiger partial charge in [-0.3, -0.25) is 0 Å². The zero-order valence-corrected chi connectivity index (χ0v) is 9.03. The second kappa shape index (κ2) is 5.48. The van der Waals surface area contributed by atoms with Gasteiger partial charge >= 0.3 is 0 Å². The zero-order chi connectivity index (χ0) is 10.4. The Hall–Kier alpha value is -1.24. The molecular formula is C13H19N. The van der Waals surface area contributed by atoms with Gasteiger partial charge in [0, 0.05) is 12.2 Å². The molecule has 0 aliphatic carbocycles. The van der Waals surface area contributed by atoms with E-state index in [1.165, 1.54) is 5.69 Å². The summed E-state index contributed by atoms with van der Waals surface area (Å²) in [5, 5.41) is 3.41. The van der Waals surface area contributed by atoms with Crippen molar-refractivity contribution in [3.8, 4) is 0 Å². The Bertz CT molecular complexity index is 264. The van der Waals surface area contributed by atoms with Crippen LogP contribution in [0.1, 0.15) is 13.8 Å². The lowest BCUT2D eigenvalue weighted by Gasteiger charge is -2.17. The number of hydrogen-bond acceptors (Lipinski definition) is 1. The van der Waals surface area contributed by atoms with Gasteiger partial charge in [-0.1, -0.05) is 38.1 Å². The van der Waals surface area contributed by atoms with Gasteiger partial charge in [-0.05, 0) is 24.0 Å². The first kappa shape index (κ1) is 10.8. The number of hydrogen-bond donors (Lipinski definition) is 1. The Balaban J connectivity index is 2.43. The third-order valence-electron chi connectivity index (χ3n) is 2.47. The van der Waals surface area contributed by atoms with E-state index in [1.54, 1.807) is 0 Å². The van der Waals surface area contributed by atoms with E-state index in [9.17, 15) is 0 Å². The molecule has 14 heavy (non-hydrogen) atoms. The van der Waals surface area contributed by atoms with E-state index in [0.29, 0.717) is 11.8 Å². The summed E-state index contributed by atoms with van der Waals surface area (Å²) in [6, 6.07) is 10.3. The lowest BCUT2D eigenvalue weighted by Crippen LogP contribution is -2.17. The summed E-state index contributed by atoms with van der Waals surface area (Å²) in [7, 11) is 0. The van der Waals surface area contributed by atoms with E-state index < -0.39 is 0 Å². The molecule has 1 unspecified atom stereocenters. The third-order valence-corrected chi connectivity index (χ3v) is 2.47. The smallest absolute Gasteiger partial charge is 0.0340 e. The molecule has 0 aliphatic heterocycles. The molecule has 0 fully saturated rings. The van der Waals surface area contributed by atoms with Gasteiger partial charge in [0.15, 0.2) is 0 Å². The van der Waals surface area contributed by atoms with Crippen molar-refractivity contribution < 1.29 is 0 Å². The lowest BCUT2D eigenvalue weighted by atomic mass is 9.96. The van der Waals surface area contributed by atoms with E-state index in [-0.39, 0.29) is 0 Å². The van der Waals surface area contributed by atoms with Gasteiger partial charge < -0.3 is 5.32 Å². The quantitative estimate of drug-likeness (QED) is 0.698. The summed E-state index contributed by atoms with van der Waals surface area (Å²) in [5.74, 6) is 1.18. The summed E-state index contributed by atoms with van der Waals surface area (Å²) in [4.78, 5) is 0. The normalized spacial score (nSPS) is 12.5. The standard InChI is InChI=1S/C13H19N/c1-4-12(11(2)3)10-14-13-8-6-5-7-9-13/h4-9,11-12,14H,1,10H2,2-3H3. The molecule has 0 radical (unpaired) electrons. The van der Waals surface area contributed by atoms with Gasteiger partial charge in [0.25, 0.3) is 0 Å². The predicted octanol–water partition coefficient (Wildman–Crippen LogP) is 3.56. The van der Waals surface area contributed by atoms with Crippen LogP contribution in [0.4, 0.5) is 5.69 Å². The highest BCUT2D eigenvalue weighted by molar-refractivity contribution is 5.42. The van der Waals surface area contributed by atoms with Gasteiger partial charge in [0.05, 0.1) is 0 Å². The maximum atomic E-state index is 3.85. The van der Waals surface area contributed by atoms with Crippen molar-refractivity contribution in [1.82, 2.24) is 0 Å². The van der Waals surface area contributed by atoms with Crippen molar-refractivity contribution in [1.29, 1.82) is 0 Å². The van der Waals surface area contributed by atoms with Crippen LogP contribution in [-0.4, -0.2) is 6.54 Å². The largest absolute Gasteiger partial charge is 0.384 e. The molecule has 0 spiro atoms. The highest BCUT2D eigenvalue weighted by atomic mass is 14.9. The van der Waals surface area contributed by atoms with E-state index in [1.807, 2.05) is 24.3 Å². The third kappa shape index (κ3) is 3.25. The summed E-state index contributed by atoms with van der Waals surface area (Å²) in [6.45, 7) is 9.26. The SMILES string of the molecule is C=CC(CNc1ccccc1)C(C)C. The number of benzene rings is 1. The van der Waals surface area contributed by atoms with Crippen molar-refractivity contribution in [2.75, 3.05) is 11.9 Å². The first-order valence-electron chi connectivity index (χ1n) is 5.15. The molecule has 0 amide bonds. The Labute approximate surface area is 86.8 Å². The topological polar surface area (TPSA) is 12.0 Å². The number of anilines is 1.